The molecule has 1 aliphatic heterocycles. The van der Waals surface area contributed by atoms with E-state index in [-0.39, 0.29) is 11.7 Å². The van der Waals surface area contributed by atoms with Crippen molar-refractivity contribution in [2.45, 2.75) is 26.6 Å². The third-order valence-corrected chi connectivity index (χ3v) is 2.17. The van der Waals surface area contributed by atoms with E-state index in [1.54, 1.807) is 0 Å². The van der Waals surface area contributed by atoms with Crippen molar-refractivity contribution in [3.63, 3.8) is 0 Å². The highest BCUT2D eigenvalue weighted by molar-refractivity contribution is 5.59. The number of ether oxygens (including phenoxy) is 2. The van der Waals surface area contributed by atoms with Crippen molar-refractivity contribution < 1.29 is 14.3 Å². The van der Waals surface area contributed by atoms with Crippen LogP contribution in [0.25, 0.3) is 0 Å². The van der Waals surface area contributed by atoms with Crippen LogP contribution in [-0.2, 0) is 14.3 Å². The van der Waals surface area contributed by atoms with Gasteiger partial charge < -0.3 is 14.3 Å². The summed E-state index contributed by atoms with van der Waals surface area (Å²) >= 11 is 0. The van der Waals surface area contributed by atoms with Crippen LogP contribution in [0, 0.1) is 5.41 Å². The molecule has 0 N–H and O–H groups in total. The molecule has 0 aliphatic carbocycles. The van der Waals surface area contributed by atoms with Crippen LogP contribution in [0.2, 0.25) is 0 Å². The SMILES string of the molecule is CCC1(C=O)COC(C)OC1. The van der Waals surface area contributed by atoms with Crippen molar-refractivity contribution in [3.05, 3.63) is 0 Å². The lowest BCUT2D eigenvalue weighted by Crippen LogP contribution is -2.41. The van der Waals surface area contributed by atoms with Crippen molar-refractivity contribution in [1.82, 2.24) is 0 Å². The van der Waals surface area contributed by atoms with E-state index in [9.17, 15) is 4.79 Å². The topological polar surface area (TPSA) is 35.5 Å². The van der Waals surface area contributed by atoms with Gasteiger partial charge in [0.05, 0.1) is 18.6 Å². The van der Waals surface area contributed by atoms with Gasteiger partial charge in [-0.25, -0.2) is 0 Å². The Morgan fingerprint density at radius 3 is 2.45 bits per heavy atom. The van der Waals surface area contributed by atoms with Gasteiger partial charge in [-0.15, -0.1) is 0 Å². The zero-order valence-electron chi connectivity index (χ0n) is 7.00. The highest BCUT2D eigenvalue weighted by Gasteiger charge is 2.33. The van der Waals surface area contributed by atoms with Gasteiger partial charge in [0.15, 0.2) is 6.29 Å². The molecule has 3 nitrogen and oxygen atoms in total. The summed E-state index contributed by atoms with van der Waals surface area (Å²) in [5, 5.41) is 0. The van der Waals surface area contributed by atoms with E-state index in [0.717, 1.165) is 12.7 Å². The van der Waals surface area contributed by atoms with Crippen molar-refractivity contribution in [3.8, 4) is 0 Å². The number of hydrogen-bond donors (Lipinski definition) is 0. The van der Waals surface area contributed by atoms with Crippen molar-refractivity contribution in [2.75, 3.05) is 13.2 Å². The molecule has 1 rings (SSSR count). The van der Waals surface area contributed by atoms with Gasteiger partial charge >= 0.3 is 0 Å². The van der Waals surface area contributed by atoms with Gasteiger partial charge in [0, 0.05) is 0 Å². The Morgan fingerprint density at radius 2 is 2.09 bits per heavy atom. The fraction of sp³-hybridized carbons (Fsp3) is 0.875. The lowest BCUT2D eigenvalue weighted by molar-refractivity contribution is -0.214. The van der Waals surface area contributed by atoms with Gasteiger partial charge in [-0.2, -0.15) is 0 Å². The Balaban J connectivity index is 2.52. The molecule has 1 heterocycles. The summed E-state index contributed by atoms with van der Waals surface area (Å²) in [4.78, 5) is 10.7. The second-order valence-electron chi connectivity index (χ2n) is 3.02. The molecule has 0 atom stereocenters. The molecule has 0 aromatic heterocycles. The number of aldehydes is 1. The molecule has 1 fully saturated rings. The maximum atomic E-state index is 10.7. The summed E-state index contributed by atoms with van der Waals surface area (Å²) in [6, 6.07) is 0. The van der Waals surface area contributed by atoms with Crippen LogP contribution in [0.3, 0.4) is 0 Å². The normalized spacial score (nSPS) is 38.5. The van der Waals surface area contributed by atoms with Crippen LogP contribution in [0.1, 0.15) is 20.3 Å². The minimum atomic E-state index is -0.382. The number of rotatable bonds is 2. The van der Waals surface area contributed by atoms with Crippen molar-refractivity contribution in [2.24, 2.45) is 5.41 Å². The van der Waals surface area contributed by atoms with Gasteiger partial charge in [-0.05, 0) is 13.3 Å². The third kappa shape index (κ3) is 1.79. The Bertz CT molecular complexity index is 136. The summed E-state index contributed by atoms with van der Waals surface area (Å²) in [7, 11) is 0. The molecule has 64 valence electrons. The largest absolute Gasteiger partial charge is 0.352 e. The van der Waals surface area contributed by atoms with Crippen LogP contribution in [0.4, 0.5) is 0 Å². The Kier molecular flexibility index (Phi) is 2.62. The van der Waals surface area contributed by atoms with Gasteiger partial charge in [0.25, 0.3) is 0 Å². The van der Waals surface area contributed by atoms with Crippen LogP contribution in [0.15, 0.2) is 0 Å². The average Bonchev–Trinajstić information content (AvgIpc) is 2.07. The van der Waals surface area contributed by atoms with Gasteiger partial charge in [0.1, 0.15) is 6.29 Å². The standard InChI is InChI=1S/C8H14O3/c1-3-8(4-9)5-10-7(2)11-6-8/h4,7H,3,5-6H2,1-2H3. The lowest BCUT2D eigenvalue weighted by atomic mass is 9.88. The second kappa shape index (κ2) is 3.32. The van der Waals surface area contributed by atoms with Crippen LogP contribution >= 0.6 is 0 Å². The van der Waals surface area contributed by atoms with Crippen molar-refractivity contribution in [1.29, 1.82) is 0 Å². The fourth-order valence-electron chi connectivity index (χ4n) is 1.01. The molecule has 0 radical (unpaired) electrons. The first kappa shape index (κ1) is 8.68. The predicted molar refractivity (Wildman–Crippen MR) is 40.2 cm³/mol. The molecule has 0 saturated carbocycles. The van der Waals surface area contributed by atoms with E-state index in [1.807, 2.05) is 13.8 Å². The first-order valence-electron chi connectivity index (χ1n) is 3.92. The number of carbonyl (C=O) groups is 1. The van der Waals surface area contributed by atoms with E-state index in [4.69, 9.17) is 9.47 Å². The van der Waals surface area contributed by atoms with Gasteiger partial charge in [-0.3, -0.25) is 0 Å². The van der Waals surface area contributed by atoms with Crippen LogP contribution in [-0.4, -0.2) is 25.8 Å². The molecular formula is C8H14O3. The van der Waals surface area contributed by atoms with E-state index in [1.165, 1.54) is 0 Å². The summed E-state index contributed by atoms with van der Waals surface area (Å²) in [5.41, 5.74) is -0.382. The molecule has 0 aromatic carbocycles. The zero-order chi connectivity index (χ0) is 8.32. The smallest absolute Gasteiger partial charge is 0.154 e. The van der Waals surface area contributed by atoms with Crippen molar-refractivity contribution >= 4 is 6.29 Å². The lowest BCUT2D eigenvalue weighted by Gasteiger charge is -2.33. The first-order chi connectivity index (χ1) is 5.22. The molecular weight excluding hydrogens is 144 g/mol. The maximum absolute atomic E-state index is 10.7. The monoisotopic (exact) mass is 158 g/mol. The van der Waals surface area contributed by atoms with Crippen LogP contribution < -0.4 is 0 Å². The van der Waals surface area contributed by atoms with Gasteiger partial charge in [-0.1, -0.05) is 6.92 Å². The van der Waals surface area contributed by atoms with E-state index < -0.39 is 0 Å². The molecule has 0 bridgehead atoms. The summed E-state index contributed by atoms with van der Waals surface area (Å²) in [6.07, 6.45) is 1.57. The number of hydrogen-bond acceptors (Lipinski definition) is 3. The third-order valence-electron chi connectivity index (χ3n) is 2.17. The Hall–Kier alpha value is -0.410. The summed E-state index contributed by atoms with van der Waals surface area (Å²) in [6.45, 7) is 4.80. The molecule has 0 spiro atoms. The molecule has 0 aromatic rings. The molecule has 1 aliphatic rings. The molecule has 11 heavy (non-hydrogen) atoms. The number of carbonyl (C=O) groups excluding carboxylic acids is 1. The van der Waals surface area contributed by atoms with E-state index >= 15 is 0 Å². The Labute approximate surface area is 66.7 Å². The van der Waals surface area contributed by atoms with E-state index in [0.29, 0.717) is 13.2 Å². The zero-order valence-corrected chi connectivity index (χ0v) is 7.00. The second-order valence-corrected chi connectivity index (χ2v) is 3.02. The van der Waals surface area contributed by atoms with Crippen LogP contribution in [0.5, 0.6) is 0 Å². The maximum Gasteiger partial charge on any atom is 0.154 e. The highest BCUT2D eigenvalue weighted by atomic mass is 16.7. The minimum absolute atomic E-state index is 0.158. The van der Waals surface area contributed by atoms with E-state index in [2.05, 4.69) is 0 Å². The summed E-state index contributed by atoms with van der Waals surface area (Å²) in [5.74, 6) is 0. The fourth-order valence-corrected chi connectivity index (χ4v) is 1.01. The molecule has 1 saturated heterocycles. The quantitative estimate of drug-likeness (QED) is 0.562. The average molecular weight is 158 g/mol. The molecule has 0 amide bonds. The van der Waals surface area contributed by atoms with Gasteiger partial charge in [0.2, 0.25) is 0 Å². The summed E-state index contributed by atoms with van der Waals surface area (Å²) < 4.78 is 10.4. The molecule has 3 heteroatoms. The first-order valence-corrected chi connectivity index (χ1v) is 3.92. The Morgan fingerprint density at radius 1 is 1.55 bits per heavy atom. The minimum Gasteiger partial charge on any atom is -0.352 e. The molecule has 0 unspecified atom stereocenters. The highest BCUT2D eigenvalue weighted by Crippen LogP contribution is 2.25. The predicted octanol–water partition coefficient (Wildman–Crippen LogP) is 0.975.